The van der Waals surface area contributed by atoms with E-state index in [-0.39, 0.29) is 0 Å². The van der Waals surface area contributed by atoms with Crippen LogP contribution in [0.25, 0.3) is 10.9 Å². The van der Waals surface area contributed by atoms with E-state index in [1.54, 1.807) is 0 Å². The Labute approximate surface area is 155 Å². The van der Waals surface area contributed by atoms with E-state index >= 15 is 0 Å². The van der Waals surface area contributed by atoms with Crippen LogP contribution in [0.15, 0.2) is 66.7 Å². The van der Waals surface area contributed by atoms with E-state index in [1.165, 1.54) is 11.1 Å². The maximum Gasteiger partial charge on any atom is 0.126 e. The SMILES string of the molecule is c1ccc(N2CCN(CCCNc3ccc4ccccc4n3)CC2)cc1. The second-order valence-electron chi connectivity index (χ2n) is 6.83. The minimum atomic E-state index is 0.963. The van der Waals surface area contributed by atoms with Crippen molar-refractivity contribution in [2.75, 3.05) is 49.5 Å². The summed E-state index contributed by atoms with van der Waals surface area (Å²) in [6, 6.07) is 23.2. The maximum atomic E-state index is 4.67. The smallest absolute Gasteiger partial charge is 0.126 e. The summed E-state index contributed by atoms with van der Waals surface area (Å²) in [4.78, 5) is 9.72. The molecule has 1 aromatic heterocycles. The Morgan fingerprint density at radius 3 is 2.42 bits per heavy atom. The molecule has 4 rings (SSSR count). The van der Waals surface area contributed by atoms with E-state index in [0.29, 0.717) is 0 Å². The number of hydrogen-bond donors (Lipinski definition) is 1. The molecule has 0 saturated carbocycles. The van der Waals surface area contributed by atoms with E-state index in [4.69, 9.17) is 0 Å². The number of pyridine rings is 1. The van der Waals surface area contributed by atoms with Crippen LogP contribution in [0.2, 0.25) is 0 Å². The Bertz CT molecular complexity index is 826. The lowest BCUT2D eigenvalue weighted by Gasteiger charge is -2.36. The average molecular weight is 346 g/mol. The first-order valence-electron chi connectivity index (χ1n) is 9.50. The molecule has 0 unspecified atom stereocenters. The van der Waals surface area contributed by atoms with Gasteiger partial charge in [0.1, 0.15) is 5.82 Å². The van der Waals surface area contributed by atoms with Crippen molar-refractivity contribution in [2.45, 2.75) is 6.42 Å². The highest BCUT2D eigenvalue weighted by Crippen LogP contribution is 2.16. The summed E-state index contributed by atoms with van der Waals surface area (Å²) < 4.78 is 0. The lowest BCUT2D eigenvalue weighted by Crippen LogP contribution is -2.46. The van der Waals surface area contributed by atoms with Gasteiger partial charge >= 0.3 is 0 Å². The molecule has 2 aromatic carbocycles. The fourth-order valence-electron chi connectivity index (χ4n) is 3.55. The quantitative estimate of drug-likeness (QED) is 0.687. The standard InChI is InChI=1S/C22H26N4/c1-2-8-20(9-3-1)26-17-15-25(16-18-26)14-6-13-23-22-12-11-19-7-4-5-10-21(19)24-22/h1-5,7-12H,6,13-18H2,(H,23,24). The third-order valence-corrected chi connectivity index (χ3v) is 5.05. The highest BCUT2D eigenvalue weighted by atomic mass is 15.3. The predicted octanol–water partition coefficient (Wildman–Crippen LogP) is 3.86. The summed E-state index contributed by atoms with van der Waals surface area (Å²) in [6.45, 7) is 6.62. The molecule has 2 heterocycles. The lowest BCUT2D eigenvalue weighted by molar-refractivity contribution is 0.257. The minimum Gasteiger partial charge on any atom is -0.370 e. The number of piperazine rings is 1. The number of anilines is 2. The summed E-state index contributed by atoms with van der Waals surface area (Å²) >= 11 is 0. The van der Waals surface area contributed by atoms with E-state index in [2.05, 4.69) is 80.8 Å². The van der Waals surface area contributed by atoms with Gasteiger partial charge in [0, 0.05) is 43.8 Å². The van der Waals surface area contributed by atoms with Gasteiger partial charge in [-0.3, -0.25) is 4.90 Å². The van der Waals surface area contributed by atoms with Crippen LogP contribution in [0.4, 0.5) is 11.5 Å². The van der Waals surface area contributed by atoms with Gasteiger partial charge in [-0.25, -0.2) is 4.98 Å². The third kappa shape index (κ3) is 4.14. The number of hydrogen-bond acceptors (Lipinski definition) is 4. The number of rotatable bonds is 6. The number of nitrogens with one attached hydrogen (secondary N) is 1. The van der Waals surface area contributed by atoms with Gasteiger partial charge in [-0.1, -0.05) is 36.4 Å². The molecular formula is C22H26N4. The average Bonchev–Trinajstić information content (AvgIpc) is 2.72. The lowest BCUT2D eigenvalue weighted by atomic mass is 10.2. The molecule has 0 bridgehead atoms. The van der Waals surface area contributed by atoms with Crippen molar-refractivity contribution >= 4 is 22.4 Å². The zero-order valence-electron chi connectivity index (χ0n) is 15.1. The predicted molar refractivity (Wildman–Crippen MR) is 110 cm³/mol. The van der Waals surface area contributed by atoms with Gasteiger partial charge in [0.15, 0.2) is 0 Å². The normalized spacial score (nSPS) is 15.3. The number of benzene rings is 2. The van der Waals surface area contributed by atoms with Crippen LogP contribution in [0.3, 0.4) is 0 Å². The first kappa shape index (κ1) is 16.9. The van der Waals surface area contributed by atoms with E-state index < -0.39 is 0 Å². The molecular weight excluding hydrogens is 320 g/mol. The van der Waals surface area contributed by atoms with Crippen LogP contribution >= 0.6 is 0 Å². The first-order valence-corrected chi connectivity index (χ1v) is 9.50. The Morgan fingerprint density at radius 1 is 0.808 bits per heavy atom. The van der Waals surface area contributed by atoms with Crippen molar-refractivity contribution in [3.8, 4) is 0 Å². The van der Waals surface area contributed by atoms with Crippen LogP contribution in [-0.2, 0) is 0 Å². The number of aromatic nitrogens is 1. The summed E-state index contributed by atoms with van der Waals surface area (Å²) in [5, 5.41) is 4.65. The molecule has 0 spiro atoms. The summed E-state index contributed by atoms with van der Waals surface area (Å²) in [5.41, 5.74) is 2.39. The molecule has 0 atom stereocenters. The van der Waals surface area contributed by atoms with Gasteiger partial charge in [0.2, 0.25) is 0 Å². The second-order valence-corrected chi connectivity index (χ2v) is 6.83. The Morgan fingerprint density at radius 2 is 1.58 bits per heavy atom. The molecule has 1 fully saturated rings. The number of para-hydroxylation sites is 2. The van der Waals surface area contributed by atoms with Crippen LogP contribution in [-0.4, -0.2) is 49.2 Å². The molecule has 1 N–H and O–H groups in total. The summed E-state index contributed by atoms with van der Waals surface area (Å²) in [5.74, 6) is 0.970. The molecule has 0 amide bonds. The molecule has 26 heavy (non-hydrogen) atoms. The fourth-order valence-corrected chi connectivity index (χ4v) is 3.55. The molecule has 1 aliphatic heterocycles. The van der Waals surface area contributed by atoms with Crippen molar-refractivity contribution < 1.29 is 0 Å². The second kappa shape index (κ2) is 8.19. The van der Waals surface area contributed by atoms with E-state index in [1.807, 2.05) is 6.07 Å². The third-order valence-electron chi connectivity index (χ3n) is 5.05. The summed E-state index contributed by atoms with van der Waals surface area (Å²) in [6.07, 6.45) is 1.14. The zero-order valence-corrected chi connectivity index (χ0v) is 15.1. The molecule has 1 saturated heterocycles. The van der Waals surface area contributed by atoms with E-state index in [0.717, 1.165) is 57.0 Å². The molecule has 4 nitrogen and oxygen atoms in total. The maximum absolute atomic E-state index is 4.67. The Balaban J connectivity index is 1.19. The van der Waals surface area contributed by atoms with Crippen LogP contribution in [0, 0.1) is 0 Å². The van der Waals surface area contributed by atoms with Gasteiger partial charge in [-0.05, 0) is 43.3 Å². The van der Waals surface area contributed by atoms with Gasteiger partial charge in [0.05, 0.1) is 5.52 Å². The molecule has 1 aliphatic rings. The molecule has 134 valence electrons. The highest BCUT2D eigenvalue weighted by Gasteiger charge is 2.16. The van der Waals surface area contributed by atoms with Crippen molar-refractivity contribution in [1.29, 1.82) is 0 Å². The van der Waals surface area contributed by atoms with Crippen LogP contribution < -0.4 is 10.2 Å². The minimum absolute atomic E-state index is 0.963. The van der Waals surface area contributed by atoms with Crippen molar-refractivity contribution in [1.82, 2.24) is 9.88 Å². The molecule has 0 radical (unpaired) electrons. The number of nitrogens with zero attached hydrogens (tertiary/aromatic N) is 3. The number of fused-ring (bicyclic) bond motifs is 1. The van der Waals surface area contributed by atoms with Crippen molar-refractivity contribution in [2.24, 2.45) is 0 Å². The van der Waals surface area contributed by atoms with Crippen molar-refractivity contribution in [3.05, 3.63) is 66.7 Å². The largest absolute Gasteiger partial charge is 0.370 e. The summed E-state index contributed by atoms with van der Waals surface area (Å²) in [7, 11) is 0. The highest BCUT2D eigenvalue weighted by molar-refractivity contribution is 5.80. The molecule has 0 aliphatic carbocycles. The Hall–Kier alpha value is -2.59. The molecule has 3 aromatic rings. The van der Waals surface area contributed by atoms with Gasteiger partial charge in [0.25, 0.3) is 0 Å². The van der Waals surface area contributed by atoms with Gasteiger partial charge < -0.3 is 10.2 Å². The van der Waals surface area contributed by atoms with Crippen LogP contribution in [0.1, 0.15) is 6.42 Å². The van der Waals surface area contributed by atoms with Crippen LogP contribution in [0.5, 0.6) is 0 Å². The van der Waals surface area contributed by atoms with Gasteiger partial charge in [-0.15, -0.1) is 0 Å². The topological polar surface area (TPSA) is 31.4 Å². The molecule has 4 heteroatoms. The first-order chi connectivity index (χ1) is 12.9. The fraction of sp³-hybridized carbons (Fsp3) is 0.318. The van der Waals surface area contributed by atoms with Gasteiger partial charge in [-0.2, -0.15) is 0 Å². The Kier molecular flexibility index (Phi) is 5.31. The monoisotopic (exact) mass is 346 g/mol. The zero-order chi connectivity index (χ0) is 17.6. The van der Waals surface area contributed by atoms with E-state index in [9.17, 15) is 0 Å². The van der Waals surface area contributed by atoms with Crippen molar-refractivity contribution in [3.63, 3.8) is 0 Å².